The van der Waals surface area contributed by atoms with Gasteiger partial charge < -0.3 is 15.2 Å². The molecular weight excluding hydrogens is 344 g/mol. The van der Waals surface area contributed by atoms with Crippen molar-refractivity contribution < 1.29 is 19.4 Å². The second-order valence-corrected chi connectivity index (χ2v) is 7.95. The second kappa shape index (κ2) is 8.46. The van der Waals surface area contributed by atoms with E-state index in [1.165, 1.54) is 4.90 Å². The van der Waals surface area contributed by atoms with Crippen LogP contribution >= 0.6 is 0 Å². The standard InChI is InChI=1S/C21H30N2O4/c1-6-27-19(24)16-13-23(20(25)26)18(21(3,4)5)12-17(16)22-14(2)15-10-8-7-9-11-15/h7-11,14,18,22H,6,12-13H2,1-5H3,(H,25,26)/t14-,18?/m1/s1. The molecule has 0 aromatic heterocycles. The Morgan fingerprint density at radius 3 is 2.44 bits per heavy atom. The first kappa shape index (κ1) is 20.8. The summed E-state index contributed by atoms with van der Waals surface area (Å²) in [6, 6.07) is 9.70. The largest absolute Gasteiger partial charge is 0.465 e. The van der Waals surface area contributed by atoms with Gasteiger partial charge in [-0.15, -0.1) is 0 Å². The topological polar surface area (TPSA) is 78.9 Å². The minimum Gasteiger partial charge on any atom is -0.465 e. The summed E-state index contributed by atoms with van der Waals surface area (Å²) in [5.41, 5.74) is 1.99. The Kier molecular flexibility index (Phi) is 6.52. The summed E-state index contributed by atoms with van der Waals surface area (Å²) >= 11 is 0. The highest BCUT2D eigenvalue weighted by Crippen LogP contribution is 2.35. The van der Waals surface area contributed by atoms with Crippen LogP contribution in [-0.4, -0.2) is 41.3 Å². The minimum absolute atomic E-state index is 0.0115. The highest BCUT2D eigenvalue weighted by Gasteiger charge is 2.40. The molecule has 0 bridgehead atoms. The third-order valence-corrected chi connectivity index (χ3v) is 4.92. The van der Waals surface area contributed by atoms with Gasteiger partial charge in [-0.25, -0.2) is 9.59 Å². The summed E-state index contributed by atoms with van der Waals surface area (Å²) in [6.45, 7) is 10.1. The summed E-state index contributed by atoms with van der Waals surface area (Å²) in [5, 5.41) is 13.1. The van der Waals surface area contributed by atoms with E-state index in [-0.39, 0.29) is 30.7 Å². The molecule has 0 aliphatic carbocycles. The van der Waals surface area contributed by atoms with Crippen LogP contribution in [0.3, 0.4) is 0 Å². The second-order valence-electron chi connectivity index (χ2n) is 7.95. The zero-order valence-corrected chi connectivity index (χ0v) is 16.8. The molecule has 0 radical (unpaired) electrons. The summed E-state index contributed by atoms with van der Waals surface area (Å²) in [7, 11) is 0. The lowest BCUT2D eigenvalue weighted by Crippen LogP contribution is -2.52. The van der Waals surface area contributed by atoms with Crippen molar-refractivity contribution in [3.63, 3.8) is 0 Å². The van der Waals surface area contributed by atoms with Crippen LogP contribution in [0, 0.1) is 5.41 Å². The molecule has 6 heteroatoms. The van der Waals surface area contributed by atoms with Gasteiger partial charge in [-0.1, -0.05) is 51.1 Å². The van der Waals surface area contributed by atoms with Crippen LogP contribution in [0.4, 0.5) is 4.79 Å². The normalized spacial score (nSPS) is 18.9. The number of carboxylic acid groups (broad SMARTS) is 1. The maximum Gasteiger partial charge on any atom is 0.407 e. The number of nitrogens with one attached hydrogen (secondary N) is 1. The average molecular weight is 374 g/mol. The number of esters is 1. The summed E-state index contributed by atoms with van der Waals surface area (Å²) in [6.07, 6.45) is -0.576. The predicted octanol–water partition coefficient (Wildman–Crippen LogP) is 3.95. The molecule has 1 amide bonds. The Balaban J connectivity index is 2.40. The van der Waals surface area contributed by atoms with E-state index in [9.17, 15) is 14.7 Å². The number of hydrogen-bond donors (Lipinski definition) is 2. The van der Waals surface area contributed by atoms with Crippen LogP contribution < -0.4 is 5.32 Å². The summed E-state index contributed by atoms with van der Waals surface area (Å²) in [5.74, 6) is -0.459. The Morgan fingerprint density at radius 1 is 1.30 bits per heavy atom. The highest BCUT2D eigenvalue weighted by molar-refractivity contribution is 5.91. The van der Waals surface area contributed by atoms with Crippen molar-refractivity contribution in [1.29, 1.82) is 0 Å². The number of ether oxygens (including phenoxy) is 1. The van der Waals surface area contributed by atoms with Crippen molar-refractivity contribution in [2.45, 2.75) is 53.1 Å². The Bertz CT molecular complexity index is 707. The molecule has 1 unspecified atom stereocenters. The molecule has 0 fully saturated rings. The Labute approximate surface area is 161 Å². The number of rotatable bonds is 5. The maximum atomic E-state index is 12.5. The van der Waals surface area contributed by atoms with Gasteiger partial charge in [-0.05, 0) is 24.8 Å². The Morgan fingerprint density at radius 2 is 1.93 bits per heavy atom. The van der Waals surface area contributed by atoms with Crippen LogP contribution in [0.25, 0.3) is 0 Å². The van der Waals surface area contributed by atoms with Crippen molar-refractivity contribution in [1.82, 2.24) is 10.2 Å². The molecule has 0 saturated heterocycles. The molecule has 1 aliphatic rings. The zero-order chi connectivity index (χ0) is 20.2. The molecule has 6 nitrogen and oxygen atoms in total. The van der Waals surface area contributed by atoms with Gasteiger partial charge >= 0.3 is 12.1 Å². The van der Waals surface area contributed by atoms with Gasteiger partial charge in [0.25, 0.3) is 0 Å². The van der Waals surface area contributed by atoms with Crippen molar-refractivity contribution >= 4 is 12.1 Å². The monoisotopic (exact) mass is 374 g/mol. The lowest BCUT2D eigenvalue weighted by atomic mass is 9.80. The van der Waals surface area contributed by atoms with E-state index in [4.69, 9.17) is 4.74 Å². The molecule has 2 N–H and O–H groups in total. The van der Waals surface area contributed by atoms with Crippen LogP contribution in [0.15, 0.2) is 41.6 Å². The minimum atomic E-state index is -1.02. The van der Waals surface area contributed by atoms with E-state index in [2.05, 4.69) is 5.32 Å². The molecule has 1 heterocycles. The van der Waals surface area contributed by atoms with E-state index >= 15 is 0 Å². The van der Waals surface area contributed by atoms with Crippen LogP contribution in [-0.2, 0) is 9.53 Å². The average Bonchev–Trinajstić information content (AvgIpc) is 2.61. The van der Waals surface area contributed by atoms with Gasteiger partial charge in [-0.2, -0.15) is 0 Å². The van der Waals surface area contributed by atoms with Crippen LogP contribution in [0.1, 0.15) is 52.6 Å². The van der Waals surface area contributed by atoms with E-state index in [1.54, 1.807) is 6.92 Å². The molecule has 2 atom stereocenters. The molecule has 1 aromatic carbocycles. The van der Waals surface area contributed by atoms with E-state index in [0.29, 0.717) is 12.0 Å². The van der Waals surface area contributed by atoms with Crippen LogP contribution in [0.2, 0.25) is 0 Å². The van der Waals surface area contributed by atoms with E-state index in [0.717, 1.165) is 11.3 Å². The van der Waals surface area contributed by atoms with Gasteiger partial charge in [0.15, 0.2) is 0 Å². The fraction of sp³-hybridized carbons (Fsp3) is 0.524. The molecule has 1 aromatic rings. The van der Waals surface area contributed by atoms with E-state index in [1.807, 2.05) is 58.0 Å². The third kappa shape index (κ3) is 5.02. The molecule has 148 valence electrons. The first-order chi connectivity index (χ1) is 12.6. The molecule has 1 aliphatic heterocycles. The van der Waals surface area contributed by atoms with E-state index < -0.39 is 12.1 Å². The quantitative estimate of drug-likeness (QED) is 0.763. The number of carbonyl (C=O) groups excluding carboxylic acids is 1. The fourth-order valence-electron chi connectivity index (χ4n) is 3.42. The van der Waals surface area contributed by atoms with Crippen molar-refractivity contribution in [2.24, 2.45) is 5.41 Å². The molecular formula is C21H30N2O4. The zero-order valence-electron chi connectivity index (χ0n) is 16.8. The molecule has 0 saturated carbocycles. The predicted molar refractivity (Wildman–Crippen MR) is 104 cm³/mol. The number of carbonyl (C=O) groups is 2. The fourth-order valence-corrected chi connectivity index (χ4v) is 3.42. The first-order valence-corrected chi connectivity index (χ1v) is 9.35. The number of nitrogens with zero attached hydrogens (tertiary/aromatic N) is 1. The summed E-state index contributed by atoms with van der Waals surface area (Å²) < 4.78 is 5.19. The Hall–Kier alpha value is -2.50. The number of benzene rings is 1. The van der Waals surface area contributed by atoms with Crippen molar-refractivity contribution in [3.8, 4) is 0 Å². The number of hydrogen-bond acceptors (Lipinski definition) is 4. The number of amides is 1. The van der Waals surface area contributed by atoms with Gasteiger partial charge in [-0.3, -0.25) is 4.90 Å². The first-order valence-electron chi connectivity index (χ1n) is 9.35. The van der Waals surface area contributed by atoms with Gasteiger partial charge in [0, 0.05) is 24.2 Å². The van der Waals surface area contributed by atoms with Gasteiger partial charge in [0.1, 0.15) is 0 Å². The van der Waals surface area contributed by atoms with Crippen molar-refractivity contribution in [3.05, 3.63) is 47.2 Å². The van der Waals surface area contributed by atoms with Crippen LogP contribution in [0.5, 0.6) is 0 Å². The molecule has 27 heavy (non-hydrogen) atoms. The third-order valence-electron chi connectivity index (χ3n) is 4.92. The molecule has 2 rings (SSSR count). The van der Waals surface area contributed by atoms with Gasteiger partial charge in [0.05, 0.1) is 18.7 Å². The highest BCUT2D eigenvalue weighted by atomic mass is 16.5. The van der Waals surface area contributed by atoms with Gasteiger partial charge in [0.2, 0.25) is 0 Å². The SMILES string of the molecule is CCOC(=O)C1=C(N[C@H](C)c2ccccc2)CC(C(C)(C)C)N(C(=O)O)C1. The lowest BCUT2D eigenvalue weighted by Gasteiger charge is -2.43. The summed E-state index contributed by atoms with van der Waals surface area (Å²) in [4.78, 5) is 25.7. The van der Waals surface area contributed by atoms with Crippen molar-refractivity contribution in [2.75, 3.05) is 13.2 Å². The molecule has 0 spiro atoms. The smallest absolute Gasteiger partial charge is 0.407 e. The maximum absolute atomic E-state index is 12.5. The lowest BCUT2D eigenvalue weighted by molar-refractivity contribution is -0.139.